The predicted molar refractivity (Wildman–Crippen MR) is 72.4 cm³/mol. The van der Waals surface area contributed by atoms with Crippen molar-refractivity contribution < 1.29 is 5.11 Å². The van der Waals surface area contributed by atoms with E-state index in [4.69, 9.17) is 17.3 Å². The van der Waals surface area contributed by atoms with Crippen LogP contribution in [0.3, 0.4) is 0 Å². The Morgan fingerprint density at radius 2 is 2.06 bits per heavy atom. The number of pyridine rings is 1. The SMILES string of the molecule is CC(C)(C)[C@@H](N)Cc1cnc(Cl)c(O)c1.S. The highest BCUT2D eigenvalue weighted by molar-refractivity contribution is 7.59. The summed E-state index contributed by atoms with van der Waals surface area (Å²) in [5.74, 6) is 0.00951. The molecule has 0 aliphatic carbocycles. The maximum atomic E-state index is 9.38. The van der Waals surface area contributed by atoms with Crippen molar-refractivity contribution in [3.8, 4) is 5.75 Å². The molecule has 0 aliphatic rings. The van der Waals surface area contributed by atoms with Gasteiger partial charge in [0, 0.05) is 12.2 Å². The maximum Gasteiger partial charge on any atom is 0.170 e. The largest absolute Gasteiger partial charge is 0.505 e. The second-order valence-corrected chi connectivity index (χ2v) is 5.19. The number of aromatic hydroxyl groups is 1. The van der Waals surface area contributed by atoms with E-state index in [1.165, 1.54) is 0 Å². The van der Waals surface area contributed by atoms with Crippen molar-refractivity contribution in [1.29, 1.82) is 0 Å². The van der Waals surface area contributed by atoms with Gasteiger partial charge >= 0.3 is 0 Å². The fraction of sp³-hybridized carbons (Fsp3) is 0.545. The Labute approximate surface area is 108 Å². The Kier molecular flexibility index (Phi) is 5.59. The van der Waals surface area contributed by atoms with Crippen LogP contribution >= 0.6 is 25.1 Å². The lowest BCUT2D eigenvalue weighted by molar-refractivity contribution is 0.318. The molecule has 0 saturated heterocycles. The summed E-state index contributed by atoms with van der Waals surface area (Å²) < 4.78 is 0. The van der Waals surface area contributed by atoms with E-state index in [9.17, 15) is 5.11 Å². The Hall–Kier alpha value is -0.450. The average molecular weight is 263 g/mol. The van der Waals surface area contributed by atoms with Crippen LogP contribution in [0.4, 0.5) is 0 Å². The quantitative estimate of drug-likeness (QED) is 0.805. The summed E-state index contributed by atoms with van der Waals surface area (Å²) in [6.07, 6.45) is 2.33. The highest BCUT2D eigenvalue weighted by atomic mass is 35.5. The molecule has 1 heterocycles. The third-order valence-corrected chi connectivity index (χ3v) is 2.74. The van der Waals surface area contributed by atoms with Crippen LogP contribution < -0.4 is 5.73 Å². The molecule has 1 rings (SSSR count). The molecule has 0 saturated carbocycles. The van der Waals surface area contributed by atoms with E-state index in [0.717, 1.165) is 5.56 Å². The van der Waals surface area contributed by atoms with Crippen LogP contribution in [0.25, 0.3) is 0 Å². The van der Waals surface area contributed by atoms with Gasteiger partial charge in [-0.2, -0.15) is 13.5 Å². The van der Waals surface area contributed by atoms with Gasteiger partial charge in [0.05, 0.1) is 0 Å². The van der Waals surface area contributed by atoms with Crippen molar-refractivity contribution in [3.63, 3.8) is 0 Å². The fourth-order valence-corrected chi connectivity index (χ4v) is 1.25. The van der Waals surface area contributed by atoms with E-state index < -0.39 is 0 Å². The predicted octanol–water partition coefficient (Wildman–Crippen LogP) is 2.47. The second-order valence-electron chi connectivity index (χ2n) is 4.83. The van der Waals surface area contributed by atoms with E-state index in [0.29, 0.717) is 6.42 Å². The molecule has 16 heavy (non-hydrogen) atoms. The molecule has 92 valence electrons. The summed E-state index contributed by atoms with van der Waals surface area (Å²) in [6.45, 7) is 6.25. The highest BCUT2D eigenvalue weighted by Gasteiger charge is 2.21. The molecule has 0 aromatic carbocycles. The van der Waals surface area contributed by atoms with Crippen molar-refractivity contribution in [2.75, 3.05) is 0 Å². The van der Waals surface area contributed by atoms with Gasteiger partial charge in [-0.3, -0.25) is 0 Å². The highest BCUT2D eigenvalue weighted by Crippen LogP contribution is 2.24. The van der Waals surface area contributed by atoms with Crippen LogP contribution in [-0.4, -0.2) is 16.1 Å². The van der Waals surface area contributed by atoms with E-state index in [2.05, 4.69) is 25.8 Å². The average Bonchev–Trinajstić information content (AvgIpc) is 2.10. The summed E-state index contributed by atoms with van der Waals surface area (Å²) in [4.78, 5) is 3.87. The summed E-state index contributed by atoms with van der Waals surface area (Å²) in [6, 6.07) is 1.64. The molecule has 0 radical (unpaired) electrons. The first-order valence-corrected chi connectivity index (χ1v) is 5.27. The molecule has 0 amide bonds. The molecule has 1 atom stereocenters. The van der Waals surface area contributed by atoms with Crippen molar-refractivity contribution in [3.05, 3.63) is 23.0 Å². The van der Waals surface area contributed by atoms with Crippen molar-refractivity contribution in [1.82, 2.24) is 4.98 Å². The van der Waals surface area contributed by atoms with Gasteiger partial charge in [-0.1, -0.05) is 32.4 Å². The number of aromatic nitrogens is 1. The summed E-state index contributed by atoms with van der Waals surface area (Å²) in [5, 5.41) is 9.51. The molecule has 0 spiro atoms. The van der Waals surface area contributed by atoms with Crippen LogP contribution in [0.1, 0.15) is 26.3 Å². The maximum absolute atomic E-state index is 9.38. The number of halogens is 1. The minimum atomic E-state index is 0. The molecule has 1 aromatic heterocycles. The number of nitrogens with zero attached hydrogens (tertiary/aromatic N) is 1. The molecular formula is C11H19ClN2OS. The molecule has 5 heteroatoms. The monoisotopic (exact) mass is 262 g/mol. The first kappa shape index (κ1) is 15.6. The molecule has 0 aliphatic heterocycles. The van der Waals surface area contributed by atoms with Crippen molar-refractivity contribution >= 4 is 25.1 Å². The summed E-state index contributed by atoms with van der Waals surface area (Å²) >= 11 is 5.61. The molecule has 0 bridgehead atoms. The van der Waals surface area contributed by atoms with Gasteiger partial charge in [-0.25, -0.2) is 4.98 Å². The Morgan fingerprint density at radius 3 is 2.50 bits per heavy atom. The summed E-state index contributed by atoms with van der Waals surface area (Å²) in [5.41, 5.74) is 6.97. The topological polar surface area (TPSA) is 59.1 Å². The molecular weight excluding hydrogens is 244 g/mol. The molecule has 3 nitrogen and oxygen atoms in total. The fourth-order valence-electron chi connectivity index (χ4n) is 1.15. The molecule has 3 N–H and O–H groups in total. The van der Waals surface area contributed by atoms with E-state index >= 15 is 0 Å². The lowest BCUT2D eigenvalue weighted by Crippen LogP contribution is -2.36. The zero-order valence-corrected chi connectivity index (χ0v) is 11.5. The van der Waals surface area contributed by atoms with Crippen LogP contribution in [0.5, 0.6) is 5.75 Å². The number of nitrogens with two attached hydrogens (primary N) is 1. The minimum Gasteiger partial charge on any atom is -0.505 e. The van der Waals surface area contributed by atoms with E-state index in [1.807, 2.05) is 0 Å². The van der Waals surface area contributed by atoms with Gasteiger partial charge in [0.25, 0.3) is 0 Å². The number of hydrogen-bond donors (Lipinski definition) is 2. The second kappa shape index (κ2) is 5.75. The van der Waals surface area contributed by atoms with Crippen molar-refractivity contribution in [2.24, 2.45) is 11.1 Å². The minimum absolute atomic E-state index is 0. The van der Waals surface area contributed by atoms with Gasteiger partial charge in [0.15, 0.2) is 10.9 Å². The van der Waals surface area contributed by atoms with Crippen molar-refractivity contribution in [2.45, 2.75) is 33.2 Å². The van der Waals surface area contributed by atoms with Crippen LogP contribution in [0, 0.1) is 5.41 Å². The third-order valence-electron chi connectivity index (χ3n) is 2.45. The third kappa shape index (κ3) is 4.20. The standard InChI is InChI=1S/C11H17ClN2O.H2S/c1-11(2,3)9(13)5-7-4-8(15)10(12)14-6-7;/h4,6,9,15H,5,13H2,1-3H3;1H2/t9-;/m0./s1. The Bertz CT molecular complexity index is 352. The first-order valence-electron chi connectivity index (χ1n) is 4.89. The van der Waals surface area contributed by atoms with Gasteiger partial charge < -0.3 is 10.8 Å². The first-order chi connectivity index (χ1) is 6.80. The van der Waals surface area contributed by atoms with Gasteiger partial charge in [-0.15, -0.1) is 0 Å². The van der Waals surface area contributed by atoms with E-state index in [-0.39, 0.29) is 35.9 Å². The Morgan fingerprint density at radius 1 is 1.50 bits per heavy atom. The van der Waals surface area contributed by atoms with Crippen LogP contribution in [0.2, 0.25) is 5.15 Å². The van der Waals surface area contributed by atoms with Gasteiger partial charge in [0.2, 0.25) is 0 Å². The smallest absolute Gasteiger partial charge is 0.170 e. The normalized spacial score (nSPS) is 13.1. The summed E-state index contributed by atoms with van der Waals surface area (Å²) in [7, 11) is 0. The van der Waals surface area contributed by atoms with Gasteiger partial charge in [0.1, 0.15) is 0 Å². The van der Waals surface area contributed by atoms with Crippen LogP contribution in [-0.2, 0) is 6.42 Å². The Balaban J connectivity index is 0.00000225. The number of hydrogen-bond acceptors (Lipinski definition) is 3. The molecule has 1 aromatic rings. The molecule has 0 unspecified atom stereocenters. The zero-order chi connectivity index (χ0) is 11.6. The molecule has 0 fully saturated rings. The number of rotatable bonds is 2. The van der Waals surface area contributed by atoms with Crippen LogP contribution in [0.15, 0.2) is 12.3 Å². The van der Waals surface area contributed by atoms with Gasteiger partial charge in [-0.05, 0) is 23.5 Å². The zero-order valence-electron chi connectivity index (χ0n) is 9.79. The lowest BCUT2D eigenvalue weighted by atomic mass is 9.84. The van der Waals surface area contributed by atoms with E-state index in [1.54, 1.807) is 12.3 Å². The lowest BCUT2D eigenvalue weighted by Gasteiger charge is -2.26.